The van der Waals surface area contributed by atoms with Crippen molar-refractivity contribution in [3.8, 4) is 0 Å². The van der Waals surface area contributed by atoms with Crippen molar-refractivity contribution >= 4 is 46.6 Å². The Morgan fingerprint density at radius 2 is 1.54 bits per heavy atom. The van der Waals surface area contributed by atoms with Gasteiger partial charge in [-0.25, -0.2) is 0 Å². The zero-order valence-corrected chi connectivity index (χ0v) is 16.2. The molecule has 1 aliphatic carbocycles. The number of halogens is 3. The molecule has 26 heavy (non-hydrogen) atoms. The number of esters is 1. The van der Waals surface area contributed by atoms with Gasteiger partial charge in [-0.3, -0.25) is 9.59 Å². The van der Waals surface area contributed by atoms with E-state index in [1.54, 1.807) is 18.2 Å². The number of carbonyl (C=O) groups excluding carboxylic acids is 2. The number of rotatable bonds is 5. The van der Waals surface area contributed by atoms with Gasteiger partial charge in [0.05, 0.1) is 10.4 Å². The molecule has 0 bridgehead atoms. The van der Waals surface area contributed by atoms with E-state index in [-0.39, 0.29) is 28.9 Å². The molecule has 0 spiro atoms. The normalized spacial score (nSPS) is 15.7. The van der Waals surface area contributed by atoms with Crippen LogP contribution in [0.25, 0.3) is 0 Å². The topological polar surface area (TPSA) is 43.4 Å². The quantitative estimate of drug-likeness (QED) is 0.455. The van der Waals surface area contributed by atoms with Gasteiger partial charge in [0, 0.05) is 15.6 Å². The van der Waals surface area contributed by atoms with Gasteiger partial charge in [0.15, 0.2) is 6.61 Å². The summed E-state index contributed by atoms with van der Waals surface area (Å²) in [6.07, 6.45) is 3.27. The molecule has 3 nitrogen and oxygen atoms in total. The van der Waals surface area contributed by atoms with Crippen molar-refractivity contribution in [3.05, 3.63) is 68.7 Å². The molecule has 136 valence electrons. The number of benzene rings is 2. The van der Waals surface area contributed by atoms with Gasteiger partial charge in [-0.15, -0.1) is 0 Å². The Morgan fingerprint density at radius 1 is 0.923 bits per heavy atom. The Bertz CT molecular complexity index is 825. The highest BCUT2D eigenvalue weighted by Gasteiger charge is 2.44. The van der Waals surface area contributed by atoms with Crippen LogP contribution in [0, 0.1) is 0 Å². The minimum Gasteiger partial charge on any atom is -0.457 e. The Morgan fingerprint density at radius 3 is 2.15 bits per heavy atom. The van der Waals surface area contributed by atoms with Gasteiger partial charge < -0.3 is 4.74 Å². The fourth-order valence-electron chi connectivity index (χ4n) is 3.42. The van der Waals surface area contributed by atoms with Gasteiger partial charge in [0.25, 0.3) is 0 Å². The van der Waals surface area contributed by atoms with Gasteiger partial charge in [-0.1, -0.05) is 59.8 Å². The van der Waals surface area contributed by atoms with Crippen molar-refractivity contribution in [3.63, 3.8) is 0 Å². The molecule has 0 saturated heterocycles. The van der Waals surface area contributed by atoms with Crippen LogP contribution in [0.1, 0.15) is 41.6 Å². The fourth-order valence-corrected chi connectivity index (χ4v) is 4.06. The van der Waals surface area contributed by atoms with Crippen molar-refractivity contribution in [1.82, 2.24) is 0 Å². The maximum Gasteiger partial charge on any atom is 0.317 e. The number of hydrogen-bond acceptors (Lipinski definition) is 3. The molecule has 0 amide bonds. The number of hydrogen-bond donors (Lipinski definition) is 0. The SMILES string of the molecule is O=C(COC(=O)C1(c2ccc(Cl)cc2)CCCC1)c1ccc(Cl)cc1Cl. The van der Waals surface area contributed by atoms with Gasteiger partial charge in [0.1, 0.15) is 0 Å². The van der Waals surface area contributed by atoms with E-state index < -0.39 is 5.41 Å². The number of carbonyl (C=O) groups is 2. The highest BCUT2D eigenvalue weighted by Crippen LogP contribution is 2.42. The summed E-state index contributed by atoms with van der Waals surface area (Å²) in [5.41, 5.74) is 0.450. The first-order valence-corrected chi connectivity index (χ1v) is 9.47. The molecule has 2 aromatic carbocycles. The van der Waals surface area contributed by atoms with E-state index in [0.717, 1.165) is 18.4 Å². The van der Waals surface area contributed by atoms with Crippen LogP contribution in [-0.4, -0.2) is 18.4 Å². The Kier molecular flexibility index (Phi) is 5.91. The van der Waals surface area contributed by atoms with Crippen LogP contribution in [0.2, 0.25) is 15.1 Å². The van der Waals surface area contributed by atoms with Crippen LogP contribution in [0.3, 0.4) is 0 Å². The lowest BCUT2D eigenvalue weighted by molar-refractivity contribution is -0.149. The molecule has 1 saturated carbocycles. The molecule has 6 heteroatoms. The van der Waals surface area contributed by atoms with E-state index in [1.165, 1.54) is 12.1 Å². The summed E-state index contributed by atoms with van der Waals surface area (Å²) in [7, 11) is 0. The number of Topliss-reactive ketones (excluding diaryl/α,β-unsaturated/α-hetero) is 1. The zero-order chi connectivity index (χ0) is 18.7. The average Bonchev–Trinajstić information content (AvgIpc) is 3.11. The fraction of sp³-hybridized carbons (Fsp3) is 0.300. The summed E-state index contributed by atoms with van der Waals surface area (Å²) in [6, 6.07) is 11.8. The monoisotopic (exact) mass is 410 g/mol. The lowest BCUT2D eigenvalue weighted by Gasteiger charge is -2.27. The van der Waals surface area contributed by atoms with E-state index >= 15 is 0 Å². The van der Waals surface area contributed by atoms with Crippen LogP contribution < -0.4 is 0 Å². The smallest absolute Gasteiger partial charge is 0.317 e. The first-order chi connectivity index (χ1) is 12.4. The minimum atomic E-state index is -0.714. The third-order valence-electron chi connectivity index (χ3n) is 4.81. The summed E-state index contributed by atoms with van der Waals surface area (Å²) >= 11 is 17.8. The molecule has 0 N–H and O–H groups in total. The summed E-state index contributed by atoms with van der Waals surface area (Å²) in [5.74, 6) is -0.736. The first kappa shape index (κ1) is 19.2. The second-order valence-corrected chi connectivity index (χ2v) is 7.70. The molecule has 2 aromatic rings. The van der Waals surface area contributed by atoms with Crippen molar-refractivity contribution in [2.24, 2.45) is 0 Å². The van der Waals surface area contributed by atoms with Gasteiger partial charge >= 0.3 is 5.97 Å². The third-order valence-corrected chi connectivity index (χ3v) is 5.61. The van der Waals surface area contributed by atoms with Crippen molar-refractivity contribution in [2.45, 2.75) is 31.1 Å². The molecule has 0 radical (unpaired) electrons. The highest BCUT2D eigenvalue weighted by molar-refractivity contribution is 6.36. The van der Waals surface area contributed by atoms with E-state index in [9.17, 15) is 9.59 Å². The molecular formula is C20H17Cl3O3. The lowest BCUT2D eigenvalue weighted by Crippen LogP contribution is -2.35. The van der Waals surface area contributed by atoms with Crippen LogP contribution in [0.5, 0.6) is 0 Å². The zero-order valence-electron chi connectivity index (χ0n) is 13.9. The van der Waals surface area contributed by atoms with Crippen LogP contribution in [0.4, 0.5) is 0 Å². The van der Waals surface area contributed by atoms with Crippen LogP contribution in [-0.2, 0) is 14.9 Å². The van der Waals surface area contributed by atoms with Gasteiger partial charge in [0.2, 0.25) is 5.78 Å². The van der Waals surface area contributed by atoms with Gasteiger partial charge in [-0.2, -0.15) is 0 Å². The summed E-state index contributed by atoms with van der Waals surface area (Å²) < 4.78 is 5.40. The van der Waals surface area contributed by atoms with Crippen molar-refractivity contribution in [2.75, 3.05) is 6.61 Å². The number of ether oxygens (including phenoxy) is 1. The minimum absolute atomic E-state index is 0.242. The van der Waals surface area contributed by atoms with E-state index in [1.807, 2.05) is 12.1 Å². The molecular weight excluding hydrogens is 395 g/mol. The third kappa shape index (κ3) is 3.90. The van der Waals surface area contributed by atoms with Crippen LogP contribution in [0.15, 0.2) is 42.5 Å². The molecule has 0 atom stereocenters. The molecule has 0 aliphatic heterocycles. The Balaban J connectivity index is 1.75. The summed E-state index contributed by atoms with van der Waals surface area (Å²) in [4.78, 5) is 25.2. The van der Waals surface area contributed by atoms with Crippen molar-refractivity contribution in [1.29, 1.82) is 0 Å². The maximum atomic E-state index is 12.9. The largest absolute Gasteiger partial charge is 0.457 e. The van der Waals surface area contributed by atoms with E-state index in [4.69, 9.17) is 39.5 Å². The molecule has 0 unspecified atom stereocenters. The summed E-state index contributed by atoms with van der Waals surface area (Å²) in [6.45, 7) is -0.352. The first-order valence-electron chi connectivity index (χ1n) is 8.34. The molecule has 0 aromatic heterocycles. The molecule has 1 aliphatic rings. The van der Waals surface area contributed by atoms with Crippen LogP contribution >= 0.6 is 34.8 Å². The second-order valence-electron chi connectivity index (χ2n) is 6.42. The second kappa shape index (κ2) is 7.99. The van der Waals surface area contributed by atoms with Crippen molar-refractivity contribution < 1.29 is 14.3 Å². The predicted octanol–water partition coefficient (Wildman–Crippen LogP) is 5.88. The number of ketones is 1. The molecule has 1 fully saturated rings. The Labute approximate surface area is 167 Å². The predicted molar refractivity (Wildman–Crippen MR) is 103 cm³/mol. The highest BCUT2D eigenvalue weighted by atomic mass is 35.5. The lowest BCUT2D eigenvalue weighted by atomic mass is 9.79. The van der Waals surface area contributed by atoms with E-state index in [0.29, 0.717) is 22.9 Å². The Hall–Kier alpha value is -1.55. The van der Waals surface area contributed by atoms with E-state index in [2.05, 4.69) is 0 Å². The van der Waals surface area contributed by atoms with Gasteiger partial charge in [-0.05, 0) is 48.7 Å². The molecule has 0 heterocycles. The average molecular weight is 412 g/mol. The molecule has 3 rings (SSSR count). The maximum absolute atomic E-state index is 12.9. The summed E-state index contributed by atoms with van der Waals surface area (Å²) in [5, 5.41) is 1.30. The standard InChI is InChI=1S/C20H17Cl3O3/c21-14-5-3-13(4-6-14)20(9-1-2-10-20)19(25)26-12-18(24)16-8-7-15(22)11-17(16)23/h3-8,11H,1-2,9-10,12H2.